The highest BCUT2D eigenvalue weighted by Crippen LogP contribution is 2.26. The van der Waals surface area contributed by atoms with Crippen LogP contribution in [0.4, 0.5) is 5.69 Å². The van der Waals surface area contributed by atoms with Crippen molar-refractivity contribution in [2.24, 2.45) is 5.10 Å². The summed E-state index contributed by atoms with van der Waals surface area (Å²) < 4.78 is 5.18. The van der Waals surface area contributed by atoms with Crippen molar-refractivity contribution < 1.29 is 9.52 Å². The number of nitriles is 2. The summed E-state index contributed by atoms with van der Waals surface area (Å²) in [6, 6.07) is 8.33. The summed E-state index contributed by atoms with van der Waals surface area (Å²) >= 11 is 0. The van der Waals surface area contributed by atoms with Crippen LogP contribution in [0.1, 0.15) is 5.56 Å². The molecule has 1 aromatic heterocycles. The second-order valence-corrected chi connectivity index (χ2v) is 3.69. The summed E-state index contributed by atoms with van der Waals surface area (Å²) in [4.78, 5) is 3.82. The molecular weight excluding hydrogens is 258 g/mol. The molecule has 0 saturated carbocycles. The number of aliphatic hydroxyl groups is 1. The molecule has 0 unspecified atom stereocenters. The lowest BCUT2D eigenvalue weighted by molar-refractivity contribution is 0.282. The Morgan fingerprint density at radius 3 is 2.80 bits per heavy atom. The Hall–Kier alpha value is -3.16. The summed E-state index contributed by atoms with van der Waals surface area (Å²) in [5.41, 5.74) is 4.16. The number of hydrogen-bond donors (Lipinski definition) is 2. The molecule has 1 heterocycles. The van der Waals surface area contributed by atoms with Crippen LogP contribution in [0.15, 0.2) is 40.3 Å². The first kappa shape index (κ1) is 13.3. The van der Waals surface area contributed by atoms with Crippen LogP contribution in [0, 0.1) is 22.7 Å². The predicted octanol–water partition coefficient (Wildman–Crippen LogP) is 1.65. The Kier molecular flexibility index (Phi) is 4.07. The van der Waals surface area contributed by atoms with Gasteiger partial charge in [0.2, 0.25) is 5.71 Å². The molecule has 0 fully saturated rings. The molecule has 0 saturated heterocycles. The lowest BCUT2D eigenvalue weighted by atomic mass is 10.1. The molecule has 20 heavy (non-hydrogen) atoms. The van der Waals surface area contributed by atoms with Gasteiger partial charge in [-0.25, -0.2) is 4.98 Å². The number of nitrogens with zero attached hydrogens (tertiary/aromatic N) is 4. The van der Waals surface area contributed by atoms with Gasteiger partial charge in [0.1, 0.15) is 12.1 Å². The summed E-state index contributed by atoms with van der Waals surface area (Å²) in [6.07, 6.45) is 2.85. The van der Waals surface area contributed by atoms with E-state index in [1.165, 1.54) is 6.39 Å². The van der Waals surface area contributed by atoms with E-state index in [-0.39, 0.29) is 12.3 Å². The van der Waals surface area contributed by atoms with Crippen molar-refractivity contribution >= 4 is 11.4 Å². The monoisotopic (exact) mass is 267 g/mol. The van der Waals surface area contributed by atoms with Gasteiger partial charge < -0.3 is 9.52 Å². The summed E-state index contributed by atoms with van der Waals surface area (Å²) in [6.45, 7) is -0.196. The van der Waals surface area contributed by atoms with Gasteiger partial charge >= 0.3 is 0 Å². The van der Waals surface area contributed by atoms with Crippen LogP contribution in [-0.2, 0) is 6.61 Å². The number of aromatic nitrogens is 1. The van der Waals surface area contributed by atoms with Gasteiger partial charge in [-0.05, 0) is 23.8 Å². The highest BCUT2D eigenvalue weighted by molar-refractivity contribution is 6.10. The molecule has 98 valence electrons. The first-order valence-corrected chi connectivity index (χ1v) is 5.55. The van der Waals surface area contributed by atoms with Crippen molar-refractivity contribution in [3.8, 4) is 23.5 Å². The maximum atomic E-state index is 9.38. The average molecular weight is 267 g/mol. The second kappa shape index (κ2) is 6.14. The normalized spacial score (nSPS) is 9.35. The minimum atomic E-state index is -0.283. The van der Waals surface area contributed by atoms with Gasteiger partial charge in [0, 0.05) is 5.56 Å². The molecule has 7 nitrogen and oxygen atoms in total. The van der Waals surface area contributed by atoms with Crippen LogP contribution in [0.3, 0.4) is 0 Å². The van der Waals surface area contributed by atoms with Crippen molar-refractivity contribution in [3.05, 3.63) is 36.4 Å². The Morgan fingerprint density at radius 2 is 2.20 bits per heavy atom. The lowest BCUT2D eigenvalue weighted by Crippen LogP contribution is -1.98. The van der Waals surface area contributed by atoms with E-state index in [0.717, 1.165) is 0 Å². The van der Waals surface area contributed by atoms with Gasteiger partial charge in [0.05, 0.1) is 18.5 Å². The quantitative estimate of drug-likeness (QED) is 0.642. The standard InChI is InChI=1S/C13H9N5O2/c14-4-11(5-15)18-17-10-1-2-12(9(3-10)7-19)13-6-16-8-20-13/h1-3,6,8,17,19H,7H2. The largest absolute Gasteiger partial charge is 0.444 e. The minimum Gasteiger partial charge on any atom is -0.444 e. The van der Waals surface area contributed by atoms with E-state index in [2.05, 4.69) is 15.5 Å². The molecule has 1 aromatic carbocycles. The van der Waals surface area contributed by atoms with Gasteiger partial charge in [0.25, 0.3) is 0 Å². The lowest BCUT2D eigenvalue weighted by Gasteiger charge is -2.07. The van der Waals surface area contributed by atoms with E-state index >= 15 is 0 Å². The van der Waals surface area contributed by atoms with Crippen LogP contribution >= 0.6 is 0 Å². The molecule has 2 aromatic rings. The fourth-order valence-electron chi connectivity index (χ4n) is 1.58. The Bertz CT molecular complexity index is 691. The molecule has 2 N–H and O–H groups in total. The Morgan fingerprint density at radius 1 is 1.40 bits per heavy atom. The highest BCUT2D eigenvalue weighted by atomic mass is 16.3. The third kappa shape index (κ3) is 2.80. The fraction of sp³-hybridized carbons (Fsp3) is 0.0769. The number of hydrogen-bond acceptors (Lipinski definition) is 7. The van der Waals surface area contributed by atoms with E-state index in [4.69, 9.17) is 14.9 Å². The number of oxazole rings is 1. The third-order valence-electron chi connectivity index (χ3n) is 2.48. The highest BCUT2D eigenvalue weighted by Gasteiger charge is 2.08. The van der Waals surface area contributed by atoms with Crippen LogP contribution in [0.25, 0.3) is 11.3 Å². The number of aliphatic hydroxyl groups excluding tert-OH is 1. The maximum Gasteiger partial charge on any atom is 0.237 e. The smallest absolute Gasteiger partial charge is 0.237 e. The Balaban J connectivity index is 2.29. The SMILES string of the molecule is N#CC(C#N)=NNc1ccc(-c2cnco2)c(CO)c1. The van der Waals surface area contributed by atoms with E-state index < -0.39 is 0 Å². The summed E-state index contributed by atoms with van der Waals surface area (Å²) in [7, 11) is 0. The van der Waals surface area contributed by atoms with Crippen LogP contribution in [0.5, 0.6) is 0 Å². The summed E-state index contributed by atoms with van der Waals surface area (Å²) in [5, 5.41) is 30.1. The molecule has 0 aliphatic carbocycles. The summed E-state index contributed by atoms with van der Waals surface area (Å²) in [5.74, 6) is 0.541. The predicted molar refractivity (Wildman–Crippen MR) is 70.1 cm³/mol. The van der Waals surface area contributed by atoms with Crippen LogP contribution < -0.4 is 5.43 Å². The van der Waals surface area contributed by atoms with Gasteiger partial charge in [-0.15, -0.1) is 0 Å². The van der Waals surface area contributed by atoms with Crippen LogP contribution in [0.2, 0.25) is 0 Å². The molecule has 0 atom stereocenters. The molecule has 7 heteroatoms. The fourth-order valence-corrected chi connectivity index (χ4v) is 1.58. The zero-order valence-electron chi connectivity index (χ0n) is 10.2. The number of benzene rings is 1. The number of rotatable bonds is 4. The first-order chi connectivity index (χ1) is 9.78. The van der Waals surface area contributed by atoms with E-state index in [0.29, 0.717) is 22.6 Å². The van der Waals surface area contributed by atoms with Crippen molar-refractivity contribution in [1.82, 2.24) is 4.98 Å². The molecule has 0 aliphatic heterocycles. The average Bonchev–Trinajstić information content (AvgIpc) is 3.02. The van der Waals surface area contributed by atoms with Crippen molar-refractivity contribution in [1.29, 1.82) is 10.5 Å². The molecule has 0 bridgehead atoms. The zero-order chi connectivity index (χ0) is 14.4. The zero-order valence-corrected chi connectivity index (χ0v) is 10.2. The first-order valence-electron chi connectivity index (χ1n) is 5.55. The molecule has 0 radical (unpaired) electrons. The number of hydrazone groups is 1. The van der Waals surface area contributed by atoms with E-state index in [9.17, 15) is 5.11 Å². The molecule has 2 rings (SSSR count). The molecular formula is C13H9N5O2. The molecule has 0 aliphatic rings. The van der Waals surface area contributed by atoms with Crippen LogP contribution in [-0.4, -0.2) is 15.8 Å². The van der Waals surface area contributed by atoms with Gasteiger partial charge in [-0.1, -0.05) is 0 Å². The third-order valence-corrected chi connectivity index (χ3v) is 2.48. The van der Waals surface area contributed by atoms with Crippen molar-refractivity contribution in [3.63, 3.8) is 0 Å². The molecule has 0 amide bonds. The number of anilines is 1. The van der Waals surface area contributed by atoms with E-state index in [1.54, 1.807) is 36.5 Å². The second-order valence-electron chi connectivity index (χ2n) is 3.69. The number of nitrogens with one attached hydrogen (secondary N) is 1. The van der Waals surface area contributed by atoms with Gasteiger partial charge in [-0.3, -0.25) is 5.43 Å². The maximum absolute atomic E-state index is 9.38. The topological polar surface area (TPSA) is 118 Å². The minimum absolute atomic E-state index is 0.196. The van der Waals surface area contributed by atoms with E-state index in [1.807, 2.05) is 0 Å². The van der Waals surface area contributed by atoms with Gasteiger partial charge in [-0.2, -0.15) is 15.6 Å². The van der Waals surface area contributed by atoms with Crippen molar-refractivity contribution in [2.45, 2.75) is 6.61 Å². The van der Waals surface area contributed by atoms with Gasteiger partial charge in [0.15, 0.2) is 12.2 Å². The molecule has 0 spiro atoms. The Labute approximate surface area is 114 Å². The van der Waals surface area contributed by atoms with Crippen molar-refractivity contribution in [2.75, 3.05) is 5.43 Å².